The molecular weight excluding hydrogens is 1860 g/mol. The second kappa shape index (κ2) is 40.5. The van der Waals surface area contributed by atoms with Crippen LogP contribution in [-0.4, -0.2) is 24.2 Å². The van der Waals surface area contributed by atoms with Crippen molar-refractivity contribution in [3.05, 3.63) is 613 Å². The van der Waals surface area contributed by atoms with E-state index in [1.165, 1.54) is 94.9 Å². The van der Waals surface area contributed by atoms with Crippen LogP contribution in [0.15, 0.2) is 626 Å². The Morgan fingerprint density at radius 1 is 0.121 bits per heavy atom. The third-order valence-electron chi connectivity index (χ3n) is 29.6. The number of hydrogen-bond donors (Lipinski definition) is 0. The van der Waals surface area contributed by atoms with E-state index in [4.69, 9.17) is 13.3 Å². The number of fused-ring (bicyclic) bond motifs is 12. The van der Waals surface area contributed by atoms with Crippen molar-refractivity contribution in [2.24, 2.45) is 0 Å². The zero-order chi connectivity index (χ0) is 99.3. The molecule has 0 spiro atoms. The molecule has 0 atom stereocenters. The van der Waals surface area contributed by atoms with Crippen molar-refractivity contribution in [3.8, 4) is 11.1 Å². The number of anilines is 9. The lowest BCUT2D eigenvalue weighted by Crippen LogP contribution is -2.74. The van der Waals surface area contributed by atoms with Crippen LogP contribution in [0.5, 0.6) is 0 Å². The average molecular weight is 1960 g/mol. The van der Waals surface area contributed by atoms with Crippen LogP contribution in [0.4, 0.5) is 51.2 Å². The lowest BCUT2D eigenvalue weighted by molar-refractivity contribution is 0.668. The van der Waals surface area contributed by atoms with Crippen LogP contribution in [-0.2, 0) is 0 Å². The van der Waals surface area contributed by atoms with Crippen LogP contribution in [0, 0.1) is 0 Å². The van der Waals surface area contributed by atoms with Crippen molar-refractivity contribution in [2.45, 2.75) is 0 Å². The molecule has 706 valence electrons. The molecule has 0 aliphatic carbocycles. The van der Waals surface area contributed by atoms with Gasteiger partial charge in [-0.1, -0.05) is 473 Å². The smallest absolute Gasteiger partial charge is 0.179 e. The maximum atomic E-state index is 6.29. The Kier molecular flexibility index (Phi) is 24.8. The molecule has 6 nitrogen and oxygen atoms in total. The third-order valence-corrected chi connectivity index (χ3v) is 44.0. The summed E-state index contributed by atoms with van der Waals surface area (Å²) in [5.41, 5.74) is 17.6. The van der Waals surface area contributed by atoms with E-state index in [2.05, 4.69) is 591 Å². The maximum Gasteiger partial charge on any atom is 0.179 e. The topological polar surface area (TPSA) is 49.1 Å². The summed E-state index contributed by atoms with van der Waals surface area (Å²) >= 11 is 0. The van der Waals surface area contributed by atoms with E-state index in [0.29, 0.717) is 0 Å². The molecule has 0 bridgehead atoms. The molecule has 24 aromatic carbocycles. The SMILES string of the molecule is c1ccc(-c2ccc(N(c3ccc([Si](c4ccccc4)(c4ccccc4)c4ccccc4)cc3)c3ccc4oc5ccccc5c4c3)cc2)cc1.c1ccc(N(c2ccc([Si](c3ccccc3)(c3ccccc3)c3ccccc3)cc2)c2ccc3oc4ccccc4c3c2)cc1.c1ccc([Si](c2ccccc2)(c2ccccc2)c2ccc(N(c3ccc4oc5ccccc5c4c3)c3cc4ccccc4c4ccccc34)cc2)cc1. The first kappa shape index (κ1) is 91.5. The van der Waals surface area contributed by atoms with Crippen molar-refractivity contribution in [3.63, 3.8) is 0 Å². The molecule has 0 radical (unpaired) electrons. The minimum absolute atomic E-state index is 0.887. The van der Waals surface area contributed by atoms with E-state index in [1.54, 1.807) is 0 Å². The number of para-hydroxylation sites is 4. The highest BCUT2D eigenvalue weighted by molar-refractivity contribution is 7.21. The molecular formula is C140H101N3O3Si3. The highest BCUT2D eigenvalue weighted by atomic mass is 28.3. The molecule has 0 saturated heterocycles. The molecule has 0 amide bonds. The van der Waals surface area contributed by atoms with Gasteiger partial charge in [-0.3, -0.25) is 0 Å². The van der Waals surface area contributed by atoms with Crippen molar-refractivity contribution >= 4 is 225 Å². The van der Waals surface area contributed by atoms with Gasteiger partial charge < -0.3 is 28.0 Å². The molecule has 3 aromatic heterocycles. The van der Waals surface area contributed by atoms with E-state index in [0.717, 1.165) is 117 Å². The molecule has 0 unspecified atom stereocenters. The Morgan fingerprint density at radius 3 is 0.631 bits per heavy atom. The summed E-state index contributed by atoms with van der Waals surface area (Å²) in [6.45, 7) is 0. The monoisotopic (exact) mass is 1960 g/mol. The third kappa shape index (κ3) is 17.0. The molecule has 149 heavy (non-hydrogen) atoms. The van der Waals surface area contributed by atoms with Gasteiger partial charge in [0.1, 0.15) is 33.5 Å². The second-order valence-electron chi connectivity index (χ2n) is 37.9. The molecule has 0 fully saturated rings. The lowest BCUT2D eigenvalue weighted by atomic mass is 9.99. The molecule has 0 aliphatic rings. The fraction of sp³-hybridized carbons (Fsp3) is 0. The summed E-state index contributed by atoms with van der Waals surface area (Å²) in [6.07, 6.45) is 0. The number of nitrogens with zero attached hydrogens (tertiary/aromatic N) is 3. The Bertz CT molecular complexity index is 9060. The van der Waals surface area contributed by atoms with Crippen molar-refractivity contribution in [1.29, 1.82) is 0 Å². The minimum atomic E-state index is -2.68. The molecule has 9 heteroatoms. The molecule has 3 heterocycles. The molecule has 27 aromatic rings. The summed E-state index contributed by atoms with van der Waals surface area (Å²) in [7, 11) is -7.94. The Hall–Kier alpha value is -18.7. The van der Waals surface area contributed by atoms with Gasteiger partial charge >= 0.3 is 0 Å². The van der Waals surface area contributed by atoms with Crippen LogP contribution in [0.2, 0.25) is 0 Å². The zero-order valence-electron chi connectivity index (χ0n) is 81.9. The first-order valence-electron chi connectivity index (χ1n) is 51.0. The van der Waals surface area contributed by atoms with Gasteiger partial charge in [-0.25, -0.2) is 0 Å². The van der Waals surface area contributed by atoms with E-state index >= 15 is 0 Å². The number of rotatable bonds is 22. The highest BCUT2D eigenvalue weighted by Gasteiger charge is 2.45. The molecule has 27 rings (SSSR count). The molecule has 0 aliphatic heterocycles. The van der Waals surface area contributed by atoms with Crippen LogP contribution in [0.3, 0.4) is 0 Å². The Balaban J connectivity index is 0.000000116. The largest absolute Gasteiger partial charge is 0.456 e. The fourth-order valence-electron chi connectivity index (χ4n) is 22.9. The number of hydrogen-bond acceptors (Lipinski definition) is 6. The van der Waals surface area contributed by atoms with Crippen LogP contribution < -0.4 is 76.9 Å². The molecule has 0 saturated carbocycles. The van der Waals surface area contributed by atoms with Gasteiger partial charge in [-0.2, -0.15) is 0 Å². The number of furan rings is 3. The first-order valence-corrected chi connectivity index (χ1v) is 57.0. The van der Waals surface area contributed by atoms with E-state index in [-0.39, 0.29) is 0 Å². The average Bonchev–Trinajstić information content (AvgIpc) is 1.36. The fourth-order valence-corrected chi connectivity index (χ4v) is 37.1. The van der Waals surface area contributed by atoms with Gasteiger partial charge in [0.05, 0.1) is 5.69 Å². The Labute approximate surface area is 870 Å². The van der Waals surface area contributed by atoms with Crippen LogP contribution in [0.1, 0.15) is 0 Å². The Morgan fingerprint density at radius 2 is 0.322 bits per heavy atom. The van der Waals surface area contributed by atoms with Crippen molar-refractivity contribution in [2.75, 3.05) is 14.7 Å². The lowest BCUT2D eigenvalue weighted by Gasteiger charge is -2.35. The predicted molar refractivity (Wildman–Crippen MR) is 637 cm³/mol. The minimum Gasteiger partial charge on any atom is -0.456 e. The second-order valence-corrected chi connectivity index (χ2v) is 49.4. The standard InChI is InChI=1S/C50H35NOSi.C48H35NOSi.C42H31NOSi/c1-4-17-39(18-5-1)53(40-19-6-2-7-20-40,41-21-8-3-9-22-41)42-31-28-37(29-32-42)51(38-30-33-50-47(35-38)46-26-14-15-27-49(46)52-50)48-34-36-16-10-11-23-43(36)44-24-12-13-25-45(44)48;1-5-15-36(16-6-1)37-25-27-38(28-26-37)49(40-31-34-48-46(35-40)45-23-13-14-24-47(45)50-48)39-29-32-44(33-30-39)51(41-17-7-2-8-18-41,42-19-9-3-10-20-42)43-21-11-4-12-22-43;1-5-15-32(16-6-1)43(34-27-30-42-40(31-34)39-23-13-14-24-41(39)44-42)33-25-28-38(29-26-33)45(35-17-7-2-8-18-35,36-19-9-3-10-20-36)37-21-11-4-12-22-37/h1-35H;1-35H;1-31H. The van der Waals surface area contributed by atoms with Gasteiger partial charge in [-0.05, 0) is 229 Å². The van der Waals surface area contributed by atoms with Gasteiger partial charge in [-0.15, -0.1) is 0 Å². The summed E-state index contributed by atoms with van der Waals surface area (Å²) < 4.78 is 18.7. The zero-order valence-corrected chi connectivity index (χ0v) is 84.9. The molecule has 0 N–H and O–H groups in total. The van der Waals surface area contributed by atoms with Crippen LogP contribution in [0.25, 0.3) is 98.5 Å². The maximum absolute atomic E-state index is 6.29. The van der Waals surface area contributed by atoms with Gasteiger partial charge in [0.2, 0.25) is 0 Å². The van der Waals surface area contributed by atoms with Gasteiger partial charge in [0.15, 0.2) is 24.2 Å². The summed E-state index contributed by atoms with van der Waals surface area (Å²) in [4.78, 5) is 7.12. The van der Waals surface area contributed by atoms with E-state index in [9.17, 15) is 0 Å². The first-order chi connectivity index (χ1) is 73.9. The summed E-state index contributed by atoms with van der Waals surface area (Å²) in [6, 6.07) is 222. The number of benzene rings is 24. The van der Waals surface area contributed by atoms with Crippen molar-refractivity contribution < 1.29 is 13.3 Å². The normalized spacial score (nSPS) is 11.6. The summed E-state index contributed by atoms with van der Waals surface area (Å²) in [5.74, 6) is 0. The van der Waals surface area contributed by atoms with Gasteiger partial charge in [0.25, 0.3) is 0 Å². The van der Waals surface area contributed by atoms with E-state index in [1.807, 2.05) is 36.4 Å². The summed E-state index contributed by atoms with van der Waals surface area (Å²) in [5, 5.41) is 27.9. The predicted octanol–water partition coefficient (Wildman–Crippen LogP) is 29.3. The van der Waals surface area contributed by atoms with Crippen molar-refractivity contribution in [1.82, 2.24) is 0 Å². The quantitative estimate of drug-likeness (QED) is 0.0383. The highest BCUT2D eigenvalue weighted by Crippen LogP contribution is 2.46. The van der Waals surface area contributed by atoms with Crippen LogP contribution >= 0.6 is 0 Å². The van der Waals surface area contributed by atoms with Gasteiger partial charge in [0, 0.05) is 83.2 Å². The van der Waals surface area contributed by atoms with E-state index < -0.39 is 24.2 Å².